The van der Waals surface area contributed by atoms with Crippen molar-refractivity contribution in [2.24, 2.45) is 0 Å². The van der Waals surface area contributed by atoms with Crippen LogP contribution in [-0.4, -0.2) is 35.1 Å². The van der Waals surface area contributed by atoms with Gasteiger partial charge in [-0.3, -0.25) is 9.59 Å². The van der Waals surface area contributed by atoms with E-state index in [1.165, 1.54) is 11.8 Å². The summed E-state index contributed by atoms with van der Waals surface area (Å²) in [5.41, 5.74) is 4.25. The lowest BCUT2D eigenvalue weighted by Crippen LogP contribution is -2.50. The minimum Gasteiger partial charge on any atom is -0.497 e. The first-order valence-corrected chi connectivity index (χ1v) is 12.7. The predicted octanol–water partition coefficient (Wildman–Crippen LogP) is 6.02. The Hall–Kier alpha value is -2.96. The lowest BCUT2D eigenvalue weighted by atomic mass is 10.0. The molecule has 35 heavy (non-hydrogen) atoms. The lowest BCUT2D eigenvalue weighted by Gasteiger charge is -2.33. The second kappa shape index (κ2) is 8.61. The molecule has 3 aromatic carbocycles. The van der Waals surface area contributed by atoms with Gasteiger partial charge in [-0.25, -0.2) is 0 Å². The van der Waals surface area contributed by atoms with Crippen LogP contribution >= 0.6 is 23.4 Å². The molecule has 1 spiro atoms. The number of hydrogen-bond donors (Lipinski definition) is 0. The second-order valence-electron chi connectivity index (χ2n) is 9.60. The van der Waals surface area contributed by atoms with Crippen molar-refractivity contribution in [2.45, 2.75) is 36.9 Å². The number of rotatable bonds is 4. The van der Waals surface area contributed by atoms with Gasteiger partial charge in [0.2, 0.25) is 0 Å². The average molecular weight is 507 g/mol. The molecule has 0 aliphatic carbocycles. The van der Waals surface area contributed by atoms with E-state index < -0.39 is 4.87 Å². The van der Waals surface area contributed by atoms with Gasteiger partial charge in [-0.15, -0.1) is 11.8 Å². The van der Waals surface area contributed by atoms with Gasteiger partial charge >= 0.3 is 0 Å². The molecule has 2 aliphatic rings. The minimum absolute atomic E-state index is 0.115. The van der Waals surface area contributed by atoms with Gasteiger partial charge in [-0.2, -0.15) is 0 Å². The fourth-order valence-corrected chi connectivity index (χ4v) is 6.87. The first kappa shape index (κ1) is 23.8. The summed E-state index contributed by atoms with van der Waals surface area (Å²) in [6.45, 7) is 7.04. The zero-order valence-electron chi connectivity index (χ0n) is 20.2. The fraction of sp³-hybridized carbons (Fsp3) is 0.286. The smallest absolute Gasteiger partial charge is 0.268 e. The van der Waals surface area contributed by atoms with Crippen molar-refractivity contribution in [2.75, 3.05) is 18.6 Å². The Morgan fingerprint density at radius 2 is 1.80 bits per heavy atom. The number of amides is 2. The molecule has 0 radical (unpaired) electrons. The van der Waals surface area contributed by atoms with E-state index in [1.54, 1.807) is 47.2 Å². The van der Waals surface area contributed by atoms with E-state index in [-0.39, 0.29) is 16.6 Å². The third-order valence-corrected chi connectivity index (χ3v) is 8.49. The Bertz CT molecular complexity index is 1320. The largest absolute Gasteiger partial charge is 0.497 e. The van der Waals surface area contributed by atoms with Crippen molar-refractivity contribution in [3.63, 3.8) is 0 Å². The van der Waals surface area contributed by atoms with Crippen LogP contribution in [0.1, 0.15) is 40.9 Å². The van der Waals surface area contributed by atoms with Crippen molar-refractivity contribution in [1.82, 2.24) is 4.90 Å². The highest BCUT2D eigenvalue weighted by atomic mass is 35.5. The van der Waals surface area contributed by atoms with Crippen LogP contribution < -0.4 is 9.64 Å². The molecule has 5 rings (SSSR count). The molecule has 2 amide bonds. The molecule has 7 heteroatoms. The zero-order valence-corrected chi connectivity index (χ0v) is 21.7. The summed E-state index contributed by atoms with van der Waals surface area (Å²) in [7, 11) is 1.59. The molecule has 1 fully saturated rings. The van der Waals surface area contributed by atoms with Crippen molar-refractivity contribution < 1.29 is 14.3 Å². The third kappa shape index (κ3) is 3.89. The van der Waals surface area contributed by atoms with Crippen molar-refractivity contribution >= 4 is 40.9 Å². The number of thioether (sulfide) groups is 1. The van der Waals surface area contributed by atoms with Gasteiger partial charge in [0.1, 0.15) is 5.75 Å². The van der Waals surface area contributed by atoms with Gasteiger partial charge < -0.3 is 14.5 Å². The maximum atomic E-state index is 14.4. The first-order chi connectivity index (χ1) is 16.7. The van der Waals surface area contributed by atoms with Gasteiger partial charge in [0.25, 0.3) is 11.8 Å². The van der Waals surface area contributed by atoms with Crippen LogP contribution in [-0.2, 0) is 16.2 Å². The number of aryl methyl sites for hydroxylation is 1. The van der Waals surface area contributed by atoms with Gasteiger partial charge in [-0.1, -0.05) is 35.9 Å². The SMILES string of the molecule is COc1ccc(C(=O)N2CC(C)(C)S[C@]23C(=O)N(Cc2ccccc2C)c2ccc(Cl)cc23)cc1. The van der Waals surface area contributed by atoms with Crippen LogP contribution in [0.25, 0.3) is 0 Å². The normalized spacial score (nSPS) is 20.4. The number of hydrogen-bond acceptors (Lipinski definition) is 4. The summed E-state index contributed by atoms with van der Waals surface area (Å²) in [5, 5.41) is 0.538. The van der Waals surface area contributed by atoms with Crippen LogP contribution in [0.15, 0.2) is 66.7 Å². The predicted molar refractivity (Wildman–Crippen MR) is 141 cm³/mol. The van der Waals surface area contributed by atoms with E-state index in [0.29, 0.717) is 29.4 Å². The number of benzene rings is 3. The van der Waals surface area contributed by atoms with Crippen LogP contribution in [0.4, 0.5) is 5.69 Å². The highest BCUT2D eigenvalue weighted by Gasteiger charge is 2.63. The van der Waals surface area contributed by atoms with Gasteiger partial charge in [-0.05, 0) is 74.4 Å². The maximum Gasteiger partial charge on any atom is 0.268 e. The molecule has 0 bridgehead atoms. The zero-order chi connectivity index (χ0) is 25.0. The van der Waals surface area contributed by atoms with Crippen LogP contribution in [0.2, 0.25) is 5.02 Å². The number of ether oxygens (including phenoxy) is 1. The van der Waals surface area contributed by atoms with Gasteiger partial charge in [0, 0.05) is 27.4 Å². The molecule has 180 valence electrons. The Morgan fingerprint density at radius 3 is 2.49 bits per heavy atom. The van der Waals surface area contributed by atoms with Crippen molar-refractivity contribution in [1.29, 1.82) is 0 Å². The minimum atomic E-state index is -1.19. The summed E-state index contributed by atoms with van der Waals surface area (Å²) in [6, 6.07) is 20.6. The molecule has 0 saturated carbocycles. The van der Waals surface area contributed by atoms with Crippen molar-refractivity contribution in [3.8, 4) is 5.75 Å². The molecule has 0 unspecified atom stereocenters. The van der Waals surface area contributed by atoms with Crippen LogP contribution in [0, 0.1) is 6.92 Å². The van der Waals surface area contributed by atoms with Crippen LogP contribution in [0.5, 0.6) is 5.75 Å². The highest BCUT2D eigenvalue weighted by molar-refractivity contribution is 8.02. The molecular formula is C28H27ClN2O3S. The average Bonchev–Trinajstić information content (AvgIpc) is 3.25. The molecule has 1 saturated heterocycles. The molecule has 0 aromatic heterocycles. The van der Waals surface area contributed by atoms with E-state index >= 15 is 0 Å². The lowest BCUT2D eigenvalue weighted by molar-refractivity contribution is -0.123. The number of methoxy groups -OCH3 is 1. The molecule has 0 N–H and O–H groups in total. The summed E-state index contributed by atoms with van der Waals surface area (Å²) in [5.74, 6) is 0.365. The molecule has 3 aromatic rings. The molecule has 5 nitrogen and oxygen atoms in total. The first-order valence-electron chi connectivity index (χ1n) is 11.5. The molecule has 2 aliphatic heterocycles. The Morgan fingerprint density at radius 1 is 1.09 bits per heavy atom. The fourth-order valence-electron chi connectivity index (χ4n) is 4.98. The van der Waals surface area contributed by atoms with E-state index in [4.69, 9.17) is 16.3 Å². The number of anilines is 1. The maximum absolute atomic E-state index is 14.4. The van der Waals surface area contributed by atoms with E-state index in [1.807, 2.05) is 43.3 Å². The summed E-state index contributed by atoms with van der Waals surface area (Å²) in [4.78, 5) is 30.7. The standard InChI is InChI=1S/C28H27ClN2O3S/c1-18-7-5-6-8-20(18)16-30-24-14-11-21(29)15-23(24)28(26(30)33)31(17-27(2,3)35-28)25(32)19-9-12-22(34-4)13-10-19/h5-15H,16-17H2,1-4H3/t28-/m1/s1. The van der Waals surface area contributed by atoms with Gasteiger partial charge in [0.05, 0.1) is 19.3 Å². The molecule has 1 atom stereocenters. The number of carbonyl (C=O) groups excluding carboxylic acids is 2. The summed E-state index contributed by atoms with van der Waals surface area (Å²) in [6.07, 6.45) is 0. The summed E-state index contributed by atoms with van der Waals surface area (Å²) >= 11 is 7.98. The third-order valence-electron chi connectivity index (χ3n) is 6.66. The van der Waals surface area contributed by atoms with E-state index in [9.17, 15) is 9.59 Å². The Labute approximate surface area is 215 Å². The number of halogens is 1. The highest BCUT2D eigenvalue weighted by Crippen LogP contribution is 2.60. The quantitative estimate of drug-likeness (QED) is 0.434. The Balaban J connectivity index is 1.64. The number of fused-ring (bicyclic) bond motifs is 2. The van der Waals surface area contributed by atoms with Gasteiger partial charge in [0.15, 0.2) is 4.87 Å². The number of carbonyl (C=O) groups is 2. The van der Waals surface area contributed by atoms with Crippen molar-refractivity contribution in [3.05, 3.63) is 94.0 Å². The summed E-state index contributed by atoms with van der Waals surface area (Å²) < 4.78 is 4.92. The Kier molecular flexibility index (Phi) is 5.85. The topological polar surface area (TPSA) is 49.9 Å². The molecule has 2 heterocycles. The van der Waals surface area contributed by atoms with E-state index in [2.05, 4.69) is 13.8 Å². The number of nitrogens with zero attached hydrogens (tertiary/aromatic N) is 2. The van der Waals surface area contributed by atoms with Crippen LogP contribution in [0.3, 0.4) is 0 Å². The second-order valence-corrected chi connectivity index (χ2v) is 11.9. The monoisotopic (exact) mass is 506 g/mol. The molecular weight excluding hydrogens is 480 g/mol. The van der Waals surface area contributed by atoms with E-state index in [0.717, 1.165) is 22.4 Å².